The summed E-state index contributed by atoms with van der Waals surface area (Å²) in [6.07, 6.45) is 0. The van der Waals surface area contributed by atoms with Crippen molar-refractivity contribution >= 4 is 17.6 Å². The number of halogens is 1. The van der Waals surface area contributed by atoms with Crippen LogP contribution in [-0.4, -0.2) is 24.4 Å². The van der Waals surface area contributed by atoms with Gasteiger partial charge in [0.2, 0.25) is 6.79 Å². The molecule has 1 aliphatic heterocycles. The zero-order valence-corrected chi connectivity index (χ0v) is 9.08. The Bertz CT molecular complexity index is 422. The van der Waals surface area contributed by atoms with Gasteiger partial charge >= 0.3 is 5.97 Å². The largest absolute Gasteiger partial charge is 0.480 e. The second-order valence-corrected chi connectivity index (χ2v) is 3.72. The summed E-state index contributed by atoms with van der Waals surface area (Å²) in [5, 5.41) is 11.7. The first-order valence-electron chi connectivity index (χ1n) is 4.67. The van der Waals surface area contributed by atoms with Gasteiger partial charge in [-0.25, -0.2) is 0 Å². The maximum Gasteiger partial charge on any atom is 0.317 e. The lowest BCUT2D eigenvalue weighted by atomic mass is 10.2. The van der Waals surface area contributed by atoms with E-state index in [0.717, 1.165) is 5.56 Å². The third-order valence-corrected chi connectivity index (χ3v) is 2.37. The zero-order chi connectivity index (χ0) is 11.5. The van der Waals surface area contributed by atoms with E-state index in [0.29, 0.717) is 23.1 Å². The summed E-state index contributed by atoms with van der Waals surface area (Å²) in [5.41, 5.74) is 0.857. The van der Waals surface area contributed by atoms with E-state index in [-0.39, 0.29) is 13.3 Å². The number of carbonyl (C=O) groups is 1. The number of ether oxygens (including phenoxy) is 2. The number of fused-ring (bicyclic) bond motifs is 1. The van der Waals surface area contributed by atoms with Crippen LogP contribution < -0.4 is 14.8 Å². The molecule has 0 radical (unpaired) electrons. The molecule has 1 aromatic rings. The molecule has 0 bridgehead atoms. The van der Waals surface area contributed by atoms with Crippen molar-refractivity contribution in [3.8, 4) is 11.5 Å². The molecule has 86 valence electrons. The fourth-order valence-electron chi connectivity index (χ4n) is 1.44. The quantitative estimate of drug-likeness (QED) is 0.833. The van der Waals surface area contributed by atoms with Crippen molar-refractivity contribution in [2.45, 2.75) is 6.54 Å². The molecule has 2 rings (SSSR count). The number of rotatable bonds is 4. The first-order chi connectivity index (χ1) is 7.66. The molecule has 0 aromatic heterocycles. The van der Waals surface area contributed by atoms with E-state index < -0.39 is 5.97 Å². The third kappa shape index (κ3) is 2.37. The summed E-state index contributed by atoms with van der Waals surface area (Å²) >= 11 is 5.97. The van der Waals surface area contributed by atoms with E-state index in [4.69, 9.17) is 26.2 Å². The monoisotopic (exact) mass is 243 g/mol. The van der Waals surface area contributed by atoms with Gasteiger partial charge in [0.1, 0.15) is 0 Å². The molecule has 0 saturated heterocycles. The highest BCUT2D eigenvalue weighted by atomic mass is 35.5. The third-order valence-electron chi connectivity index (χ3n) is 2.09. The van der Waals surface area contributed by atoms with Gasteiger partial charge in [-0.15, -0.1) is 0 Å². The van der Waals surface area contributed by atoms with Crippen LogP contribution in [0.5, 0.6) is 11.5 Å². The van der Waals surface area contributed by atoms with Gasteiger partial charge < -0.3 is 19.9 Å². The number of aliphatic carboxylic acids is 1. The van der Waals surface area contributed by atoms with Crippen molar-refractivity contribution in [1.82, 2.24) is 5.32 Å². The highest BCUT2D eigenvalue weighted by molar-refractivity contribution is 6.32. The van der Waals surface area contributed by atoms with Gasteiger partial charge in [-0.3, -0.25) is 4.79 Å². The van der Waals surface area contributed by atoms with Gasteiger partial charge in [0.25, 0.3) is 0 Å². The Morgan fingerprint density at radius 1 is 1.50 bits per heavy atom. The van der Waals surface area contributed by atoms with Crippen LogP contribution in [-0.2, 0) is 11.3 Å². The summed E-state index contributed by atoms with van der Waals surface area (Å²) in [5.74, 6) is 0.245. The van der Waals surface area contributed by atoms with Gasteiger partial charge in [-0.2, -0.15) is 0 Å². The molecule has 0 aliphatic carbocycles. The maximum absolute atomic E-state index is 10.3. The smallest absolute Gasteiger partial charge is 0.317 e. The molecule has 2 N–H and O–H groups in total. The number of carboxylic acid groups (broad SMARTS) is 1. The van der Waals surface area contributed by atoms with Crippen molar-refractivity contribution in [1.29, 1.82) is 0 Å². The normalized spacial score (nSPS) is 12.8. The lowest BCUT2D eigenvalue weighted by Gasteiger charge is -2.05. The fourth-order valence-corrected chi connectivity index (χ4v) is 1.72. The molecule has 0 atom stereocenters. The highest BCUT2D eigenvalue weighted by Crippen LogP contribution is 2.39. The van der Waals surface area contributed by atoms with Crippen LogP contribution in [0.4, 0.5) is 0 Å². The number of hydrogen-bond acceptors (Lipinski definition) is 4. The first-order valence-corrected chi connectivity index (χ1v) is 5.05. The minimum atomic E-state index is -0.896. The van der Waals surface area contributed by atoms with Crippen molar-refractivity contribution < 1.29 is 19.4 Å². The molecule has 0 spiro atoms. The second-order valence-electron chi connectivity index (χ2n) is 3.31. The number of benzene rings is 1. The van der Waals surface area contributed by atoms with Gasteiger partial charge in [0.05, 0.1) is 11.6 Å². The lowest BCUT2D eigenvalue weighted by molar-refractivity contribution is -0.135. The standard InChI is InChI=1S/C10H10ClNO4/c11-7-1-6(3-12-4-9(13)14)2-8-10(7)16-5-15-8/h1-2,12H,3-5H2,(H,13,14). The number of hydrogen-bond donors (Lipinski definition) is 2. The van der Waals surface area contributed by atoms with Crippen molar-refractivity contribution in [2.75, 3.05) is 13.3 Å². The van der Waals surface area contributed by atoms with Crippen LogP contribution in [0, 0.1) is 0 Å². The second kappa shape index (κ2) is 4.59. The number of carboxylic acids is 1. The van der Waals surface area contributed by atoms with Crippen LogP contribution in [0.15, 0.2) is 12.1 Å². The zero-order valence-electron chi connectivity index (χ0n) is 8.33. The number of nitrogens with one attached hydrogen (secondary N) is 1. The molecule has 1 heterocycles. The van der Waals surface area contributed by atoms with E-state index in [1.165, 1.54) is 0 Å². The highest BCUT2D eigenvalue weighted by Gasteiger charge is 2.17. The summed E-state index contributed by atoms with van der Waals surface area (Å²) < 4.78 is 10.4. The minimum Gasteiger partial charge on any atom is -0.480 e. The molecular weight excluding hydrogens is 234 g/mol. The van der Waals surface area contributed by atoms with E-state index in [9.17, 15) is 4.79 Å². The first kappa shape index (κ1) is 11.0. The molecule has 16 heavy (non-hydrogen) atoms. The summed E-state index contributed by atoms with van der Waals surface area (Å²) in [7, 11) is 0. The lowest BCUT2D eigenvalue weighted by Crippen LogP contribution is -2.21. The average molecular weight is 244 g/mol. The van der Waals surface area contributed by atoms with Crippen LogP contribution in [0.3, 0.4) is 0 Å². The van der Waals surface area contributed by atoms with E-state index in [1.54, 1.807) is 12.1 Å². The topological polar surface area (TPSA) is 67.8 Å². The summed E-state index contributed by atoms with van der Waals surface area (Å²) in [4.78, 5) is 10.3. The minimum absolute atomic E-state index is 0.0912. The van der Waals surface area contributed by atoms with Gasteiger partial charge in [-0.05, 0) is 17.7 Å². The Labute approximate surface area is 96.9 Å². The Balaban J connectivity index is 2.05. The Hall–Kier alpha value is -1.46. The molecule has 1 aromatic carbocycles. The SMILES string of the molecule is O=C(O)CNCc1cc(Cl)c2c(c1)OCO2. The van der Waals surface area contributed by atoms with E-state index in [1.807, 2.05) is 0 Å². The Kier molecular flexibility index (Phi) is 3.17. The van der Waals surface area contributed by atoms with Gasteiger partial charge in [0, 0.05) is 6.54 Å². The Morgan fingerprint density at radius 3 is 3.06 bits per heavy atom. The van der Waals surface area contributed by atoms with Crippen molar-refractivity contribution in [3.05, 3.63) is 22.7 Å². The van der Waals surface area contributed by atoms with Crippen molar-refractivity contribution in [2.24, 2.45) is 0 Å². The van der Waals surface area contributed by atoms with E-state index >= 15 is 0 Å². The van der Waals surface area contributed by atoms with Gasteiger partial charge in [0.15, 0.2) is 11.5 Å². The maximum atomic E-state index is 10.3. The molecule has 0 amide bonds. The van der Waals surface area contributed by atoms with E-state index in [2.05, 4.69) is 5.32 Å². The van der Waals surface area contributed by atoms with Crippen LogP contribution in [0.1, 0.15) is 5.56 Å². The van der Waals surface area contributed by atoms with Crippen LogP contribution >= 0.6 is 11.6 Å². The average Bonchev–Trinajstić information content (AvgIpc) is 2.65. The Morgan fingerprint density at radius 2 is 2.31 bits per heavy atom. The predicted molar refractivity (Wildman–Crippen MR) is 56.9 cm³/mol. The van der Waals surface area contributed by atoms with Crippen LogP contribution in [0.25, 0.3) is 0 Å². The summed E-state index contributed by atoms with van der Waals surface area (Å²) in [6.45, 7) is 0.496. The van der Waals surface area contributed by atoms with Crippen molar-refractivity contribution in [3.63, 3.8) is 0 Å². The van der Waals surface area contributed by atoms with Crippen LogP contribution in [0.2, 0.25) is 5.02 Å². The summed E-state index contributed by atoms with van der Waals surface area (Å²) in [6, 6.07) is 3.51. The molecule has 6 heteroatoms. The molecule has 0 unspecified atom stereocenters. The molecule has 0 saturated carbocycles. The van der Waals surface area contributed by atoms with Gasteiger partial charge in [-0.1, -0.05) is 11.6 Å². The molecule has 0 fully saturated rings. The fraction of sp³-hybridized carbons (Fsp3) is 0.300. The predicted octanol–water partition coefficient (Wildman–Crippen LogP) is 1.24. The molecular formula is C10H10ClNO4. The molecule has 5 nitrogen and oxygen atoms in total. The molecule has 1 aliphatic rings.